The van der Waals surface area contributed by atoms with Crippen LogP contribution in [0.5, 0.6) is 0 Å². The summed E-state index contributed by atoms with van der Waals surface area (Å²) in [5, 5.41) is 0. The fourth-order valence-corrected chi connectivity index (χ4v) is 1.99. The van der Waals surface area contributed by atoms with Crippen LogP contribution in [0.1, 0.15) is 5.56 Å². The van der Waals surface area contributed by atoms with E-state index in [-0.39, 0.29) is 16.0 Å². The standard InChI is InChI=1S/C13H7F5S/c14-7-5-9(12(19)11(15)6-7)8-3-1-2-4-10(8)13(16,17)18/h1-6,19H. The van der Waals surface area contributed by atoms with Gasteiger partial charge in [-0.3, -0.25) is 0 Å². The molecular formula is C13H7F5S. The summed E-state index contributed by atoms with van der Waals surface area (Å²) in [6.07, 6.45) is -4.61. The average molecular weight is 290 g/mol. The molecular weight excluding hydrogens is 283 g/mol. The molecule has 0 N–H and O–H groups in total. The molecule has 0 aromatic heterocycles. The van der Waals surface area contributed by atoms with Crippen molar-refractivity contribution in [3.63, 3.8) is 0 Å². The Bertz CT molecular complexity index is 619. The summed E-state index contributed by atoms with van der Waals surface area (Å²) >= 11 is 3.80. The third-order valence-electron chi connectivity index (χ3n) is 2.55. The molecule has 19 heavy (non-hydrogen) atoms. The largest absolute Gasteiger partial charge is 0.417 e. The van der Waals surface area contributed by atoms with E-state index in [1.165, 1.54) is 12.1 Å². The third kappa shape index (κ3) is 2.73. The zero-order chi connectivity index (χ0) is 14.2. The summed E-state index contributed by atoms with van der Waals surface area (Å²) in [6, 6.07) is 5.97. The summed E-state index contributed by atoms with van der Waals surface area (Å²) in [4.78, 5) is -0.321. The Hall–Kier alpha value is -1.56. The Morgan fingerprint density at radius 3 is 2.16 bits per heavy atom. The van der Waals surface area contributed by atoms with Crippen molar-refractivity contribution in [1.29, 1.82) is 0 Å². The van der Waals surface area contributed by atoms with Gasteiger partial charge in [0.15, 0.2) is 0 Å². The molecule has 0 saturated heterocycles. The highest BCUT2D eigenvalue weighted by Gasteiger charge is 2.33. The maximum Gasteiger partial charge on any atom is 0.417 e. The van der Waals surface area contributed by atoms with Gasteiger partial charge in [-0.15, -0.1) is 12.6 Å². The van der Waals surface area contributed by atoms with Crippen LogP contribution in [-0.2, 0) is 6.18 Å². The van der Waals surface area contributed by atoms with Crippen LogP contribution in [-0.4, -0.2) is 0 Å². The molecule has 0 unspecified atom stereocenters. The Balaban J connectivity index is 2.73. The zero-order valence-electron chi connectivity index (χ0n) is 9.30. The number of benzene rings is 2. The van der Waals surface area contributed by atoms with Gasteiger partial charge in [0.2, 0.25) is 0 Å². The fraction of sp³-hybridized carbons (Fsp3) is 0.0769. The summed E-state index contributed by atoms with van der Waals surface area (Å²) in [6.45, 7) is 0. The second-order valence-electron chi connectivity index (χ2n) is 3.83. The molecule has 0 aliphatic carbocycles. The average Bonchev–Trinajstić information content (AvgIpc) is 2.33. The van der Waals surface area contributed by atoms with Crippen molar-refractivity contribution in [3.05, 3.63) is 53.6 Å². The van der Waals surface area contributed by atoms with Crippen molar-refractivity contribution in [2.75, 3.05) is 0 Å². The van der Waals surface area contributed by atoms with Crippen molar-refractivity contribution in [1.82, 2.24) is 0 Å². The first-order valence-electron chi connectivity index (χ1n) is 5.15. The Kier molecular flexibility index (Phi) is 3.54. The van der Waals surface area contributed by atoms with Gasteiger partial charge in [-0.25, -0.2) is 8.78 Å². The molecule has 0 heterocycles. The van der Waals surface area contributed by atoms with Crippen molar-refractivity contribution in [3.8, 4) is 11.1 Å². The second-order valence-corrected chi connectivity index (χ2v) is 4.27. The van der Waals surface area contributed by atoms with Crippen molar-refractivity contribution in [2.45, 2.75) is 11.1 Å². The fourth-order valence-electron chi connectivity index (χ4n) is 1.74. The first-order chi connectivity index (χ1) is 8.80. The molecule has 2 aromatic carbocycles. The number of hydrogen-bond acceptors (Lipinski definition) is 1. The SMILES string of the molecule is Fc1cc(F)c(S)c(-c2ccccc2C(F)(F)F)c1. The van der Waals surface area contributed by atoms with Crippen LogP contribution in [0.2, 0.25) is 0 Å². The highest BCUT2D eigenvalue weighted by molar-refractivity contribution is 7.80. The first kappa shape index (κ1) is 13.9. The highest BCUT2D eigenvalue weighted by Crippen LogP contribution is 2.39. The lowest BCUT2D eigenvalue weighted by Crippen LogP contribution is -2.07. The topological polar surface area (TPSA) is 0 Å². The summed E-state index contributed by atoms with van der Waals surface area (Å²) in [5.74, 6) is -1.96. The molecule has 100 valence electrons. The summed E-state index contributed by atoms with van der Waals surface area (Å²) in [7, 11) is 0. The molecule has 0 nitrogen and oxygen atoms in total. The van der Waals surface area contributed by atoms with Crippen molar-refractivity contribution >= 4 is 12.6 Å². The van der Waals surface area contributed by atoms with Crippen LogP contribution in [0.15, 0.2) is 41.3 Å². The second kappa shape index (κ2) is 4.85. The first-order valence-corrected chi connectivity index (χ1v) is 5.60. The van der Waals surface area contributed by atoms with Gasteiger partial charge in [-0.2, -0.15) is 13.2 Å². The van der Waals surface area contributed by atoms with Gasteiger partial charge in [0.05, 0.1) is 5.56 Å². The summed E-state index contributed by atoms with van der Waals surface area (Å²) in [5.41, 5.74) is -1.50. The minimum Gasteiger partial charge on any atom is -0.207 e. The van der Waals surface area contributed by atoms with E-state index >= 15 is 0 Å². The lowest BCUT2D eigenvalue weighted by Gasteiger charge is -2.14. The van der Waals surface area contributed by atoms with E-state index in [1.807, 2.05) is 0 Å². The van der Waals surface area contributed by atoms with E-state index in [1.54, 1.807) is 0 Å². The molecule has 6 heteroatoms. The van der Waals surface area contributed by atoms with Crippen molar-refractivity contribution in [2.24, 2.45) is 0 Å². The van der Waals surface area contributed by atoms with Gasteiger partial charge in [-0.05, 0) is 17.7 Å². The normalized spacial score (nSPS) is 11.7. The van der Waals surface area contributed by atoms with Crippen LogP contribution in [0.25, 0.3) is 11.1 Å². The van der Waals surface area contributed by atoms with Crippen LogP contribution in [0, 0.1) is 11.6 Å². The van der Waals surface area contributed by atoms with E-state index in [9.17, 15) is 22.0 Å². The number of halogens is 5. The third-order valence-corrected chi connectivity index (χ3v) is 3.01. The van der Waals surface area contributed by atoms with E-state index < -0.39 is 23.4 Å². The van der Waals surface area contributed by atoms with Crippen LogP contribution in [0.3, 0.4) is 0 Å². The van der Waals surface area contributed by atoms with Gasteiger partial charge in [0.1, 0.15) is 11.6 Å². The molecule has 2 aromatic rings. The van der Waals surface area contributed by atoms with Crippen LogP contribution < -0.4 is 0 Å². The number of rotatable bonds is 1. The number of thiol groups is 1. The monoisotopic (exact) mass is 290 g/mol. The van der Waals surface area contributed by atoms with Crippen LogP contribution >= 0.6 is 12.6 Å². The maximum absolute atomic E-state index is 13.4. The van der Waals surface area contributed by atoms with E-state index in [2.05, 4.69) is 12.6 Å². The zero-order valence-corrected chi connectivity index (χ0v) is 10.2. The maximum atomic E-state index is 13.4. The van der Waals surface area contributed by atoms with Gasteiger partial charge in [0.25, 0.3) is 0 Å². The molecule has 0 spiro atoms. The summed E-state index contributed by atoms with van der Waals surface area (Å²) < 4.78 is 65.1. The van der Waals surface area contributed by atoms with E-state index in [0.717, 1.165) is 18.2 Å². The van der Waals surface area contributed by atoms with Gasteiger partial charge < -0.3 is 0 Å². The van der Waals surface area contributed by atoms with Gasteiger partial charge >= 0.3 is 6.18 Å². The van der Waals surface area contributed by atoms with Crippen molar-refractivity contribution < 1.29 is 22.0 Å². The molecule has 0 amide bonds. The molecule has 0 radical (unpaired) electrons. The van der Waals surface area contributed by atoms with E-state index in [0.29, 0.717) is 6.07 Å². The minimum absolute atomic E-state index is 0.228. The molecule has 0 saturated carbocycles. The molecule has 0 fully saturated rings. The van der Waals surface area contributed by atoms with Gasteiger partial charge in [-0.1, -0.05) is 18.2 Å². The Labute approximate surface area is 111 Å². The van der Waals surface area contributed by atoms with E-state index in [4.69, 9.17) is 0 Å². The lowest BCUT2D eigenvalue weighted by molar-refractivity contribution is -0.137. The molecule has 0 aliphatic rings. The molecule has 0 bridgehead atoms. The molecule has 0 atom stereocenters. The predicted octanol–water partition coefficient (Wildman–Crippen LogP) is 4.94. The highest BCUT2D eigenvalue weighted by atomic mass is 32.1. The Morgan fingerprint density at radius 1 is 0.895 bits per heavy atom. The van der Waals surface area contributed by atoms with Gasteiger partial charge in [0, 0.05) is 16.5 Å². The quantitative estimate of drug-likeness (QED) is 0.558. The smallest absolute Gasteiger partial charge is 0.207 e. The minimum atomic E-state index is -4.61. The molecule has 0 aliphatic heterocycles. The lowest BCUT2D eigenvalue weighted by atomic mass is 9.99. The molecule has 2 rings (SSSR count). The number of alkyl halides is 3. The van der Waals surface area contributed by atoms with Crippen LogP contribution in [0.4, 0.5) is 22.0 Å². The predicted molar refractivity (Wildman–Crippen MR) is 64.0 cm³/mol. The number of hydrogen-bond donors (Lipinski definition) is 1. The Morgan fingerprint density at radius 2 is 1.53 bits per heavy atom.